The van der Waals surface area contributed by atoms with Crippen LogP contribution >= 0.6 is 23.4 Å². The van der Waals surface area contributed by atoms with Crippen LogP contribution in [0.15, 0.2) is 35.9 Å². The SMILES string of the molecule is COC1/C=C/C=C(\C)Cc2cc(C)c(Cl)c(c2)N(C)C(=O)CC(OC(=O)[C@H](C)N(C)C(=O)CCSC)C2(C)OC2C(C)C2CC1(O)NC(=O)O2. The number of anilines is 1. The molecule has 0 aromatic heterocycles. The highest BCUT2D eigenvalue weighted by molar-refractivity contribution is 7.98. The fourth-order valence-corrected chi connectivity index (χ4v) is 7.24. The minimum absolute atomic E-state index is 0.0306. The maximum absolute atomic E-state index is 14.0. The number of carbonyl (C=O) groups is 4. The van der Waals surface area contributed by atoms with Crippen molar-refractivity contribution in [1.82, 2.24) is 10.2 Å². The number of methoxy groups -OCH3 is 1. The highest BCUT2D eigenvalue weighted by Crippen LogP contribution is 2.49. The van der Waals surface area contributed by atoms with Crippen molar-refractivity contribution in [2.75, 3.05) is 38.1 Å². The predicted molar refractivity (Wildman–Crippen MR) is 192 cm³/mol. The Morgan fingerprint density at radius 1 is 1.28 bits per heavy atom. The van der Waals surface area contributed by atoms with Crippen molar-refractivity contribution in [2.24, 2.45) is 5.92 Å². The fraction of sp³-hybridized carbons (Fsp3) is 0.611. The summed E-state index contributed by atoms with van der Waals surface area (Å²) in [5, 5.41) is 14.6. The molecule has 50 heavy (non-hydrogen) atoms. The lowest BCUT2D eigenvalue weighted by molar-refractivity contribution is -0.161. The molecule has 3 amide bonds. The molecule has 2 saturated heterocycles. The van der Waals surface area contributed by atoms with Gasteiger partial charge in [0, 0.05) is 45.7 Å². The number of carbonyl (C=O) groups excluding carboxylic acids is 4. The number of epoxide rings is 1. The number of rotatable bonds is 7. The van der Waals surface area contributed by atoms with Gasteiger partial charge in [-0.1, -0.05) is 48.4 Å². The van der Waals surface area contributed by atoms with Crippen molar-refractivity contribution in [3.63, 3.8) is 0 Å². The lowest BCUT2D eigenvalue weighted by Crippen LogP contribution is -2.63. The van der Waals surface area contributed by atoms with Gasteiger partial charge in [-0.3, -0.25) is 14.9 Å². The van der Waals surface area contributed by atoms with Crippen molar-refractivity contribution in [3.05, 3.63) is 52.1 Å². The Kier molecular flexibility index (Phi) is 12.7. The van der Waals surface area contributed by atoms with Gasteiger partial charge in [0.2, 0.25) is 11.8 Å². The molecule has 3 aliphatic heterocycles. The normalized spacial score (nSPS) is 32.4. The molecule has 1 aromatic carbocycles. The molecule has 0 saturated carbocycles. The zero-order chi connectivity index (χ0) is 37.1. The molecule has 0 aliphatic carbocycles. The zero-order valence-corrected chi connectivity index (χ0v) is 31.9. The molecule has 3 aliphatic rings. The number of amides is 3. The molecule has 8 atom stereocenters. The van der Waals surface area contributed by atoms with E-state index in [1.54, 1.807) is 40.1 Å². The second-order valence-corrected chi connectivity index (χ2v) is 15.1. The monoisotopic (exact) mass is 735 g/mol. The zero-order valence-electron chi connectivity index (χ0n) is 30.3. The van der Waals surface area contributed by atoms with Crippen LogP contribution in [0.4, 0.5) is 10.5 Å². The Bertz CT molecular complexity index is 1540. The molecule has 1 aromatic rings. The summed E-state index contributed by atoms with van der Waals surface area (Å²) in [5.41, 5.74) is 0.216. The first-order valence-corrected chi connectivity index (χ1v) is 18.5. The van der Waals surface area contributed by atoms with Crippen LogP contribution in [-0.2, 0) is 39.8 Å². The van der Waals surface area contributed by atoms with Crippen LogP contribution in [-0.4, -0.2) is 109 Å². The third-order valence-electron chi connectivity index (χ3n) is 10.0. The number of allylic oxidation sites excluding steroid dienone is 3. The first kappa shape index (κ1) is 39.7. The quantitative estimate of drug-likeness (QED) is 0.302. The standard InChI is InChI=1S/C36H50ClN3O9S/c1-20-11-10-12-27(46-8)36(45)19-26(47-34(44)38-36)22(3)32-35(5,49-32)28(48-33(43)23(4)39(6)29(41)13-14-50-9)18-30(42)40(7)25-17-24(15-20)16-21(2)31(25)37/h10-12,16-17,22-23,26-28,32,45H,13-15,18-19H2,1-9H3,(H,38,44)/b12-10+,20-11+/t22?,23-,26?,27?,28?,32?,35?,36?/m0/s1. The largest absolute Gasteiger partial charge is 0.457 e. The number of halogens is 1. The summed E-state index contributed by atoms with van der Waals surface area (Å²) in [4.78, 5) is 56.0. The van der Waals surface area contributed by atoms with E-state index in [0.717, 1.165) is 16.7 Å². The van der Waals surface area contributed by atoms with Gasteiger partial charge in [0.25, 0.3) is 0 Å². The summed E-state index contributed by atoms with van der Waals surface area (Å²) < 4.78 is 23.6. The van der Waals surface area contributed by atoms with Gasteiger partial charge in [0.15, 0.2) is 5.72 Å². The number of alkyl carbamates (subject to hydrolysis) is 1. The molecule has 2 fully saturated rings. The third-order valence-corrected chi connectivity index (χ3v) is 11.1. The van der Waals surface area contributed by atoms with E-state index in [2.05, 4.69) is 5.32 Å². The van der Waals surface area contributed by atoms with Crippen molar-refractivity contribution < 1.29 is 43.2 Å². The van der Waals surface area contributed by atoms with E-state index in [1.807, 2.05) is 45.2 Å². The number of benzene rings is 1. The molecule has 14 heteroatoms. The van der Waals surface area contributed by atoms with Gasteiger partial charge in [-0.15, -0.1) is 0 Å². The molecule has 0 radical (unpaired) electrons. The van der Waals surface area contributed by atoms with Gasteiger partial charge in [0.05, 0.1) is 23.2 Å². The molecule has 3 heterocycles. The van der Waals surface area contributed by atoms with E-state index in [-0.39, 0.29) is 31.1 Å². The maximum Gasteiger partial charge on any atom is 0.409 e. The predicted octanol–water partition coefficient (Wildman–Crippen LogP) is 4.57. The number of likely N-dealkylation sites (N-methyl/N-ethyl adjacent to an activating group) is 1. The van der Waals surface area contributed by atoms with Crippen molar-refractivity contribution in [2.45, 2.75) is 102 Å². The minimum Gasteiger partial charge on any atom is -0.457 e. The number of hydrogen-bond donors (Lipinski definition) is 2. The summed E-state index contributed by atoms with van der Waals surface area (Å²) in [6, 6.07) is 2.88. The first-order chi connectivity index (χ1) is 23.4. The molecular formula is C36H50ClN3O9S. The summed E-state index contributed by atoms with van der Waals surface area (Å²) in [7, 11) is 4.61. The fourth-order valence-electron chi connectivity index (χ4n) is 6.62. The number of aliphatic hydroxyl groups is 1. The number of fused-ring (bicyclic) bond motifs is 5. The Balaban J connectivity index is 1.74. The Labute approximate surface area is 303 Å². The van der Waals surface area contributed by atoms with E-state index >= 15 is 0 Å². The average molecular weight is 736 g/mol. The number of nitrogens with zero attached hydrogens (tertiary/aromatic N) is 2. The second-order valence-electron chi connectivity index (χ2n) is 13.8. The summed E-state index contributed by atoms with van der Waals surface area (Å²) in [6.45, 7) is 8.95. The minimum atomic E-state index is -1.80. The third kappa shape index (κ3) is 8.67. The maximum atomic E-state index is 14.0. The van der Waals surface area contributed by atoms with E-state index < -0.39 is 59.8 Å². The molecule has 2 N–H and O–H groups in total. The number of nitrogens with one attached hydrogen (secondary N) is 1. The van der Waals surface area contributed by atoms with Crippen LogP contribution in [0.2, 0.25) is 5.02 Å². The Morgan fingerprint density at radius 2 is 1.98 bits per heavy atom. The molecule has 4 bridgehead atoms. The van der Waals surface area contributed by atoms with Crippen LogP contribution in [0.1, 0.15) is 58.1 Å². The number of ether oxygens (including phenoxy) is 4. The van der Waals surface area contributed by atoms with E-state index in [0.29, 0.717) is 22.9 Å². The number of hydrogen-bond acceptors (Lipinski definition) is 10. The summed E-state index contributed by atoms with van der Waals surface area (Å²) >= 11 is 8.28. The molecule has 4 rings (SSSR count). The van der Waals surface area contributed by atoms with E-state index in [4.69, 9.17) is 30.5 Å². The lowest BCUT2D eigenvalue weighted by atomic mass is 9.83. The lowest BCUT2D eigenvalue weighted by Gasteiger charge is -2.42. The Hall–Kier alpha value is -3.10. The highest BCUT2D eigenvalue weighted by Gasteiger charge is 2.64. The average Bonchev–Trinajstić information content (AvgIpc) is 3.76. The van der Waals surface area contributed by atoms with Gasteiger partial charge < -0.3 is 33.9 Å². The van der Waals surface area contributed by atoms with Crippen LogP contribution in [0.25, 0.3) is 0 Å². The molecular weight excluding hydrogens is 686 g/mol. The molecule has 0 spiro atoms. The van der Waals surface area contributed by atoms with Crippen molar-refractivity contribution >= 4 is 52.9 Å². The molecule has 276 valence electrons. The number of thioether (sulfide) groups is 1. The highest BCUT2D eigenvalue weighted by atomic mass is 35.5. The van der Waals surface area contributed by atoms with Gasteiger partial charge in [0.1, 0.15) is 30.0 Å². The van der Waals surface area contributed by atoms with Gasteiger partial charge in [-0.25, -0.2) is 9.59 Å². The van der Waals surface area contributed by atoms with Gasteiger partial charge >= 0.3 is 12.1 Å². The molecule has 12 nitrogen and oxygen atoms in total. The first-order valence-electron chi connectivity index (χ1n) is 16.7. The van der Waals surface area contributed by atoms with Gasteiger partial charge in [-0.2, -0.15) is 11.8 Å². The number of esters is 1. The summed E-state index contributed by atoms with van der Waals surface area (Å²) in [5.74, 6) is -1.17. The topological polar surface area (TPSA) is 147 Å². The van der Waals surface area contributed by atoms with Gasteiger partial charge in [-0.05, 0) is 57.6 Å². The molecule has 7 unspecified atom stereocenters. The van der Waals surface area contributed by atoms with Crippen LogP contribution in [0, 0.1) is 12.8 Å². The van der Waals surface area contributed by atoms with E-state index in [1.165, 1.54) is 28.7 Å². The second kappa shape index (κ2) is 16.1. The summed E-state index contributed by atoms with van der Waals surface area (Å²) in [6.07, 6.45) is 3.47. The Morgan fingerprint density at radius 3 is 2.64 bits per heavy atom. The van der Waals surface area contributed by atoms with Crippen LogP contribution in [0.5, 0.6) is 0 Å². The van der Waals surface area contributed by atoms with Crippen molar-refractivity contribution in [3.8, 4) is 0 Å². The van der Waals surface area contributed by atoms with Crippen LogP contribution < -0.4 is 10.2 Å². The smallest absolute Gasteiger partial charge is 0.409 e. The van der Waals surface area contributed by atoms with Crippen LogP contribution in [0.3, 0.4) is 0 Å². The number of aryl methyl sites for hydroxylation is 1. The van der Waals surface area contributed by atoms with E-state index in [9.17, 15) is 24.3 Å². The van der Waals surface area contributed by atoms with Crippen molar-refractivity contribution in [1.29, 1.82) is 0 Å².